The molecule has 2 aliphatic rings. The number of piperidine rings is 1. The monoisotopic (exact) mass is 764 g/mol. The van der Waals surface area contributed by atoms with Crippen molar-refractivity contribution in [1.29, 1.82) is 0 Å². The van der Waals surface area contributed by atoms with Crippen LogP contribution in [0.15, 0.2) is 78.9 Å². The summed E-state index contributed by atoms with van der Waals surface area (Å²) in [5, 5.41) is 6.03. The number of nitrogens with two attached hydrogens (primary N) is 1. The minimum atomic E-state index is -1.22. The standard InChI is InChI=1S/C40H48N4O7.2H2S/c1-39(2,3)51-37(48)32(18-19-34(41)45)43-38(49)40(26-12-6-5-7-13-26)23-20-29(28-14-8-10-16-31(28)40)36(47)44-24-21-27(22-25-44)42-35(46)30-15-9-11-17-33(30)50-4;;/h5-17,27,29,32H,18-25H2,1-4H3,(H2,41,45)(H,42,46)(H,43,49);2*1H2/t29-,32-,40+;;/m0../s1. The summed E-state index contributed by atoms with van der Waals surface area (Å²) in [5.41, 5.74) is 6.03. The molecule has 0 aromatic heterocycles. The summed E-state index contributed by atoms with van der Waals surface area (Å²) in [6.07, 6.45) is 1.78. The third-order valence-electron chi connectivity index (χ3n) is 9.73. The van der Waals surface area contributed by atoms with E-state index < -0.39 is 40.8 Å². The summed E-state index contributed by atoms with van der Waals surface area (Å²) >= 11 is 0. The van der Waals surface area contributed by atoms with Crippen LogP contribution in [0, 0.1) is 0 Å². The predicted octanol–water partition coefficient (Wildman–Crippen LogP) is 4.60. The highest BCUT2D eigenvalue weighted by Crippen LogP contribution is 2.48. The smallest absolute Gasteiger partial charge is 0.329 e. The van der Waals surface area contributed by atoms with Crippen molar-refractivity contribution in [2.75, 3.05) is 20.2 Å². The molecule has 3 aromatic carbocycles. The molecule has 4 amide bonds. The van der Waals surface area contributed by atoms with Gasteiger partial charge in [0, 0.05) is 25.6 Å². The number of nitrogens with zero attached hydrogens (tertiary/aromatic N) is 1. The summed E-state index contributed by atoms with van der Waals surface area (Å²) < 4.78 is 11.0. The second-order valence-electron chi connectivity index (χ2n) is 14.3. The van der Waals surface area contributed by atoms with E-state index in [0.29, 0.717) is 55.6 Å². The minimum Gasteiger partial charge on any atom is -0.496 e. The van der Waals surface area contributed by atoms with Crippen LogP contribution >= 0.6 is 27.0 Å². The topological polar surface area (TPSA) is 157 Å². The first-order valence-corrected chi connectivity index (χ1v) is 17.5. The molecule has 13 heteroatoms. The van der Waals surface area contributed by atoms with E-state index in [1.165, 1.54) is 7.11 Å². The fourth-order valence-corrected chi connectivity index (χ4v) is 7.24. The van der Waals surface area contributed by atoms with Gasteiger partial charge in [-0.1, -0.05) is 66.7 Å². The molecule has 3 atom stereocenters. The van der Waals surface area contributed by atoms with E-state index in [1.54, 1.807) is 39.0 Å². The number of esters is 1. The van der Waals surface area contributed by atoms with Crippen molar-refractivity contribution in [3.8, 4) is 5.75 Å². The Labute approximate surface area is 325 Å². The van der Waals surface area contributed by atoms with Gasteiger partial charge >= 0.3 is 5.97 Å². The Morgan fingerprint density at radius 3 is 2.15 bits per heavy atom. The number of likely N-dealkylation sites (tertiary alicyclic amines) is 1. The van der Waals surface area contributed by atoms with Gasteiger partial charge in [0.25, 0.3) is 5.91 Å². The maximum Gasteiger partial charge on any atom is 0.329 e. The van der Waals surface area contributed by atoms with E-state index in [-0.39, 0.29) is 57.7 Å². The zero-order chi connectivity index (χ0) is 36.8. The lowest BCUT2D eigenvalue weighted by Crippen LogP contribution is -2.54. The summed E-state index contributed by atoms with van der Waals surface area (Å²) in [7, 11) is 1.53. The van der Waals surface area contributed by atoms with Crippen LogP contribution in [0.5, 0.6) is 5.75 Å². The number of primary amides is 1. The number of ether oxygens (including phenoxy) is 2. The van der Waals surface area contributed by atoms with Gasteiger partial charge in [-0.05, 0) is 81.7 Å². The van der Waals surface area contributed by atoms with E-state index >= 15 is 0 Å². The zero-order valence-corrected chi connectivity index (χ0v) is 32.8. The first kappa shape index (κ1) is 42.9. The average Bonchev–Trinajstić information content (AvgIpc) is 3.12. The second kappa shape index (κ2) is 18.5. The van der Waals surface area contributed by atoms with Crippen molar-refractivity contribution < 1.29 is 33.4 Å². The van der Waals surface area contributed by atoms with Crippen LogP contribution in [0.4, 0.5) is 0 Å². The number of benzene rings is 3. The van der Waals surface area contributed by atoms with Gasteiger partial charge in [-0.2, -0.15) is 27.0 Å². The van der Waals surface area contributed by atoms with Crippen LogP contribution < -0.4 is 21.1 Å². The maximum atomic E-state index is 14.7. The number of rotatable bonds is 11. The zero-order valence-electron chi connectivity index (χ0n) is 30.8. The lowest BCUT2D eigenvalue weighted by atomic mass is 9.62. The van der Waals surface area contributed by atoms with Gasteiger partial charge in [-0.15, -0.1) is 0 Å². The summed E-state index contributed by atoms with van der Waals surface area (Å²) in [4.78, 5) is 68.8. The van der Waals surface area contributed by atoms with Crippen LogP contribution in [0.3, 0.4) is 0 Å². The number of carbonyl (C=O) groups is 5. The highest BCUT2D eigenvalue weighted by Gasteiger charge is 2.50. The molecule has 0 unspecified atom stereocenters. The fraction of sp³-hybridized carbons (Fsp3) is 0.425. The first-order chi connectivity index (χ1) is 24.3. The molecule has 11 nitrogen and oxygen atoms in total. The van der Waals surface area contributed by atoms with Gasteiger partial charge in [0.05, 0.1) is 24.0 Å². The molecule has 5 rings (SSSR count). The molecule has 1 aliphatic carbocycles. The average molecular weight is 765 g/mol. The molecule has 0 spiro atoms. The maximum absolute atomic E-state index is 14.7. The summed E-state index contributed by atoms with van der Waals surface area (Å²) in [6, 6.07) is 22.7. The molecular weight excluding hydrogens is 713 g/mol. The van der Waals surface area contributed by atoms with Crippen LogP contribution in [0.25, 0.3) is 0 Å². The van der Waals surface area contributed by atoms with Gasteiger partial charge in [0.2, 0.25) is 17.7 Å². The Hall–Kier alpha value is -4.49. The summed E-state index contributed by atoms with van der Waals surface area (Å²) in [6.45, 7) is 6.17. The van der Waals surface area contributed by atoms with Crippen molar-refractivity contribution in [2.24, 2.45) is 5.73 Å². The van der Waals surface area contributed by atoms with Gasteiger partial charge in [-0.25, -0.2) is 4.79 Å². The van der Waals surface area contributed by atoms with Crippen LogP contribution in [0.1, 0.15) is 92.3 Å². The van der Waals surface area contributed by atoms with Crippen molar-refractivity contribution in [3.05, 3.63) is 101 Å². The Balaban J connectivity index is 0.00000378. The number of para-hydroxylation sites is 1. The summed E-state index contributed by atoms with van der Waals surface area (Å²) in [5.74, 6) is -1.88. The van der Waals surface area contributed by atoms with E-state index in [9.17, 15) is 24.0 Å². The van der Waals surface area contributed by atoms with Crippen LogP contribution in [-0.4, -0.2) is 72.4 Å². The number of carbonyl (C=O) groups excluding carboxylic acids is 5. The van der Waals surface area contributed by atoms with Crippen LogP contribution in [0.2, 0.25) is 0 Å². The van der Waals surface area contributed by atoms with Crippen molar-refractivity contribution in [3.63, 3.8) is 0 Å². The van der Waals surface area contributed by atoms with Crippen LogP contribution in [-0.2, 0) is 29.3 Å². The molecule has 0 radical (unpaired) electrons. The molecule has 53 heavy (non-hydrogen) atoms. The van der Waals surface area contributed by atoms with Gasteiger partial charge in [0.1, 0.15) is 17.4 Å². The third kappa shape index (κ3) is 9.94. The normalized spacial score (nSPS) is 18.9. The molecule has 1 saturated heterocycles. The van der Waals surface area contributed by atoms with Gasteiger partial charge in [0.15, 0.2) is 0 Å². The van der Waals surface area contributed by atoms with Gasteiger partial charge < -0.3 is 30.7 Å². The highest BCUT2D eigenvalue weighted by molar-refractivity contribution is 7.59. The number of methoxy groups -OCH3 is 1. The lowest BCUT2D eigenvalue weighted by molar-refractivity contribution is -0.159. The molecular formula is C40H52N4O7S2. The second-order valence-corrected chi connectivity index (χ2v) is 14.3. The Morgan fingerprint density at radius 1 is 0.887 bits per heavy atom. The molecule has 3 aromatic rings. The molecule has 0 bridgehead atoms. The predicted molar refractivity (Wildman–Crippen MR) is 213 cm³/mol. The lowest BCUT2D eigenvalue weighted by Gasteiger charge is -2.43. The Morgan fingerprint density at radius 2 is 1.51 bits per heavy atom. The highest BCUT2D eigenvalue weighted by atomic mass is 32.1. The Kier molecular flexibility index (Phi) is 15.0. The number of amides is 4. The molecule has 0 saturated carbocycles. The van der Waals surface area contributed by atoms with E-state index in [4.69, 9.17) is 15.2 Å². The Bertz CT molecular complexity index is 1760. The van der Waals surface area contributed by atoms with Crippen molar-refractivity contribution >= 4 is 56.6 Å². The molecule has 1 heterocycles. The number of nitrogens with one attached hydrogen (secondary N) is 2. The van der Waals surface area contributed by atoms with Crippen molar-refractivity contribution in [1.82, 2.24) is 15.5 Å². The first-order valence-electron chi connectivity index (χ1n) is 17.5. The molecule has 1 aliphatic heterocycles. The number of fused-ring (bicyclic) bond motifs is 1. The van der Waals surface area contributed by atoms with E-state index in [0.717, 1.165) is 11.1 Å². The van der Waals surface area contributed by atoms with Crippen molar-refractivity contribution in [2.45, 2.75) is 88.3 Å². The number of hydrogen-bond acceptors (Lipinski definition) is 7. The molecule has 286 valence electrons. The molecule has 4 N–H and O–H groups in total. The SMILES string of the molecule is COc1ccccc1C(=O)NC1CCN(C(=O)[C@H]2CC[C@@](C(=O)N[C@@H](CCC(N)=O)C(=O)OC(C)(C)C)(c3ccccc3)c3ccccc32)CC1.S.S. The third-order valence-corrected chi connectivity index (χ3v) is 9.73. The van der Waals surface area contributed by atoms with E-state index in [1.807, 2.05) is 65.6 Å². The van der Waals surface area contributed by atoms with E-state index in [2.05, 4.69) is 10.6 Å². The largest absolute Gasteiger partial charge is 0.496 e. The van der Waals surface area contributed by atoms with Gasteiger partial charge in [-0.3, -0.25) is 19.2 Å². The quantitative estimate of drug-likeness (QED) is 0.241. The minimum absolute atomic E-state index is 0. The number of hydrogen-bond donors (Lipinski definition) is 3. The fourth-order valence-electron chi connectivity index (χ4n) is 7.24. The molecule has 1 fully saturated rings.